The molecule has 28 heavy (non-hydrogen) atoms. The largest absolute Gasteiger partial charge is 0.454 e. The van der Waals surface area contributed by atoms with Crippen molar-refractivity contribution in [3.8, 4) is 11.5 Å². The van der Waals surface area contributed by atoms with E-state index in [1.54, 1.807) is 18.2 Å². The number of benzene rings is 1. The number of ether oxygens (including phenoxy) is 2. The smallest absolute Gasteiger partial charge is 0.257 e. The van der Waals surface area contributed by atoms with Crippen LogP contribution < -0.4 is 14.8 Å². The van der Waals surface area contributed by atoms with Crippen molar-refractivity contribution in [2.24, 2.45) is 0 Å². The summed E-state index contributed by atoms with van der Waals surface area (Å²) in [6.45, 7) is 1.84. The van der Waals surface area contributed by atoms with Gasteiger partial charge in [0, 0.05) is 18.7 Å². The fourth-order valence-corrected chi connectivity index (χ4v) is 4.71. The molecule has 8 nitrogen and oxygen atoms in total. The number of hydrogen-bond acceptors (Lipinski definition) is 8. The predicted octanol–water partition coefficient (Wildman–Crippen LogP) is 3.01. The zero-order valence-corrected chi connectivity index (χ0v) is 16.8. The normalized spacial score (nSPS) is 15.9. The summed E-state index contributed by atoms with van der Waals surface area (Å²) < 4.78 is 11.2. The highest BCUT2D eigenvalue weighted by Gasteiger charge is 2.19. The van der Waals surface area contributed by atoms with Gasteiger partial charge in [0.25, 0.3) is 5.91 Å². The molecule has 2 amide bonds. The van der Waals surface area contributed by atoms with Gasteiger partial charge in [-0.15, -0.1) is 10.2 Å². The fourth-order valence-electron chi connectivity index (χ4n) is 3.06. The van der Waals surface area contributed by atoms with Crippen LogP contribution in [0.4, 0.5) is 5.13 Å². The van der Waals surface area contributed by atoms with Gasteiger partial charge in [-0.2, -0.15) is 0 Å². The Balaban J connectivity index is 1.30. The number of nitrogens with zero attached hydrogens (tertiary/aromatic N) is 3. The van der Waals surface area contributed by atoms with Crippen LogP contribution in [0, 0.1) is 0 Å². The average Bonchev–Trinajstić information content (AvgIpc) is 3.27. The van der Waals surface area contributed by atoms with Crippen LogP contribution in [-0.2, 0) is 4.79 Å². The number of hydrogen-bond donors (Lipinski definition) is 1. The van der Waals surface area contributed by atoms with E-state index in [0.29, 0.717) is 32.3 Å². The van der Waals surface area contributed by atoms with E-state index >= 15 is 0 Å². The standard InChI is InChI=1S/C18H20N4O4S2/c23-15(22-7-3-1-2-4-8-22)10-27-18-21-20-17(28-18)19-16(24)12-5-6-13-14(9-12)26-11-25-13/h5-6,9H,1-4,7-8,10-11H2,(H,19,20,24). The number of anilines is 1. The minimum absolute atomic E-state index is 0.132. The maximum absolute atomic E-state index is 12.4. The van der Waals surface area contributed by atoms with Crippen molar-refractivity contribution in [3.63, 3.8) is 0 Å². The van der Waals surface area contributed by atoms with E-state index in [9.17, 15) is 9.59 Å². The van der Waals surface area contributed by atoms with E-state index in [2.05, 4.69) is 15.5 Å². The van der Waals surface area contributed by atoms with Crippen molar-refractivity contribution in [2.75, 3.05) is 31.0 Å². The topological polar surface area (TPSA) is 93.7 Å². The summed E-state index contributed by atoms with van der Waals surface area (Å²) in [6, 6.07) is 5.00. The summed E-state index contributed by atoms with van der Waals surface area (Å²) in [5, 5.41) is 11.2. The number of likely N-dealkylation sites (tertiary alicyclic amines) is 1. The highest BCUT2D eigenvalue weighted by Crippen LogP contribution is 2.33. The van der Waals surface area contributed by atoms with E-state index in [4.69, 9.17) is 9.47 Å². The third-order valence-electron chi connectivity index (χ3n) is 4.54. The molecule has 0 radical (unpaired) electrons. The second-order valence-corrected chi connectivity index (χ2v) is 8.68. The number of rotatable bonds is 5. The van der Waals surface area contributed by atoms with Crippen molar-refractivity contribution in [2.45, 2.75) is 30.0 Å². The first-order valence-corrected chi connectivity index (χ1v) is 10.9. The van der Waals surface area contributed by atoms with Crippen LogP contribution in [0.25, 0.3) is 0 Å². The molecular formula is C18H20N4O4S2. The summed E-state index contributed by atoms with van der Waals surface area (Å²) >= 11 is 2.61. The Morgan fingerprint density at radius 3 is 2.71 bits per heavy atom. The molecule has 1 aromatic heterocycles. The van der Waals surface area contributed by atoms with Gasteiger partial charge in [0.15, 0.2) is 15.8 Å². The van der Waals surface area contributed by atoms with E-state index in [1.807, 2.05) is 4.90 Å². The van der Waals surface area contributed by atoms with Crippen LogP contribution in [0.1, 0.15) is 36.0 Å². The van der Waals surface area contributed by atoms with Gasteiger partial charge < -0.3 is 14.4 Å². The summed E-state index contributed by atoms with van der Waals surface area (Å²) in [7, 11) is 0. The van der Waals surface area contributed by atoms with Gasteiger partial charge in [-0.05, 0) is 31.0 Å². The second kappa shape index (κ2) is 8.78. The van der Waals surface area contributed by atoms with E-state index in [1.165, 1.54) is 35.9 Å². The molecule has 148 valence electrons. The third-order valence-corrected chi connectivity index (χ3v) is 6.50. The molecule has 10 heteroatoms. The summed E-state index contributed by atoms with van der Waals surface area (Å²) in [5.41, 5.74) is 0.449. The molecule has 4 rings (SSSR count). The predicted molar refractivity (Wildman–Crippen MR) is 106 cm³/mol. The molecule has 1 fully saturated rings. The Morgan fingerprint density at radius 2 is 1.89 bits per heavy atom. The monoisotopic (exact) mass is 420 g/mol. The average molecular weight is 421 g/mol. The molecule has 0 bridgehead atoms. The Bertz CT molecular complexity index is 865. The number of aromatic nitrogens is 2. The minimum atomic E-state index is -0.299. The van der Waals surface area contributed by atoms with Gasteiger partial charge >= 0.3 is 0 Å². The van der Waals surface area contributed by atoms with Crippen molar-refractivity contribution >= 4 is 40.0 Å². The Morgan fingerprint density at radius 1 is 1.11 bits per heavy atom. The second-order valence-electron chi connectivity index (χ2n) is 6.48. The molecule has 2 aromatic rings. The highest BCUT2D eigenvalue weighted by atomic mass is 32.2. The number of amides is 2. The summed E-state index contributed by atoms with van der Waals surface area (Å²) in [6.07, 6.45) is 4.54. The molecule has 0 unspecified atom stereocenters. The molecule has 0 saturated carbocycles. The SMILES string of the molecule is O=C(Nc1nnc(SCC(=O)N2CCCCCC2)s1)c1ccc2c(c1)OCO2. The van der Waals surface area contributed by atoms with Crippen molar-refractivity contribution < 1.29 is 19.1 Å². The number of fused-ring (bicyclic) bond motifs is 1. The summed E-state index contributed by atoms with van der Waals surface area (Å²) in [4.78, 5) is 26.7. The van der Waals surface area contributed by atoms with Crippen LogP contribution in [-0.4, -0.2) is 52.5 Å². The van der Waals surface area contributed by atoms with Crippen molar-refractivity contribution in [1.82, 2.24) is 15.1 Å². The molecule has 1 N–H and O–H groups in total. The van der Waals surface area contributed by atoms with E-state index in [0.717, 1.165) is 25.9 Å². The first-order valence-electron chi connectivity index (χ1n) is 9.14. The maximum atomic E-state index is 12.4. The molecule has 0 atom stereocenters. The molecule has 1 saturated heterocycles. The number of nitrogens with one attached hydrogen (secondary N) is 1. The number of carbonyl (C=O) groups is 2. The number of carbonyl (C=O) groups excluding carboxylic acids is 2. The fraction of sp³-hybridized carbons (Fsp3) is 0.444. The van der Waals surface area contributed by atoms with Gasteiger partial charge in [0.1, 0.15) is 0 Å². The maximum Gasteiger partial charge on any atom is 0.257 e. The van der Waals surface area contributed by atoms with Gasteiger partial charge in [0.05, 0.1) is 5.75 Å². The van der Waals surface area contributed by atoms with Crippen molar-refractivity contribution in [1.29, 1.82) is 0 Å². The Kier molecular flexibility index (Phi) is 5.96. The van der Waals surface area contributed by atoms with Gasteiger partial charge in [-0.3, -0.25) is 14.9 Å². The van der Waals surface area contributed by atoms with Crippen LogP contribution in [0.5, 0.6) is 11.5 Å². The van der Waals surface area contributed by atoms with E-state index in [-0.39, 0.29) is 18.6 Å². The summed E-state index contributed by atoms with van der Waals surface area (Å²) in [5.74, 6) is 1.35. The third kappa shape index (κ3) is 4.56. The lowest BCUT2D eigenvalue weighted by Crippen LogP contribution is -2.33. The quantitative estimate of drug-likeness (QED) is 0.587. The van der Waals surface area contributed by atoms with Crippen LogP contribution in [0.2, 0.25) is 0 Å². The molecule has 0 spiro atoms. The number of thioether (sulfide) groups is 1. The zero-order valence-electron chi connectivity index (χ0n) is 15.2. The molecule has 0 aliphatic carbocycles. The van der Waals surface area contributed by atoms with Gasteiger partial charge in [-0.25, -0.2) is 0 Å². The lowest BCUT2D eigenvalue weighted by atomic mass is 10.2. The Hall–Kier alpha value is -2.33. The molecular weight excluding hydrogens is 400 g/mol. The van der Waals surface area contributed by atoms with Gasteiger partial charge in [-0.1, -0.05) is 35.9 Å². The minimum Gasteiger partial charge on any atom is -0.454 e. The van der Waals surface area contributed by atoms with E-state index < -0.39 is 0 Å². The molecule has 1 aromatic carbocycles. The van der Waals surface area contributed by atoms with Gasteiger partial charge in [0.2, 0.25) is 17.8 Å². The molecule has 2 aliphatic rings. The van der Waals surface area contributed by atoms with Crippen LogP contribution >= 0.6 is 23.1 Å². The molecule has 2 aliphatic heterocycles. The van der Waals surface area contributed by atoms with Crippen molar-refractivity contribution in [3.05, 3.63) is 23.8 Å². The zero-order chi connectivity index (χ0) is 19.3. The molecule has 3 heterocycles. The highest BCUT2D eigenvalue weighted by molar-refractivity contribution is 8.01. The first-order chi connectivity index (χ1) is 13.7. The lowest BCUT2D eigenvalue weighted by molar-refractivity contribution is -0.128. The first kappa shape index (κ1) is 19.0. The van der Waals surface area contributed by atoms with Crippen LogP contribution in [0.3, 0.4) is 0 Å². The Labute approximate surface area is 170 Å². The van der Waals surface area contributed by atoms with Crippen LogP contribution in [0.15, 0.2) is 22.5 Å². The lowest BCUT2D eigenvalue weighted by Gasteiger charge is -2.19.